The second-order valence-corrected chi connectivity index (χ2v) is 5.81. The topological polar surface area (TPSA) is 82.5 Å². The van der Waals surface area contributed by atoms with Gasteiger partial charge in [0.25, 0.3) is 0 Å². The van der Waals surface area contributed by atoms with Crippen molar-refractivity contribution in [3.63, 3.8) is 0 Å². The molecule has 1 aliphatic heterocycles. The van der Waals surface area contributed by atoms with Crippen LogP contribution in [-0.2, 0) is 11.3 Å². The van der Waals surface area contributed by atoms with E-state index in [9.17, 15) is 9.59 Å². The standard InChI is InChI=1S/C10H13N3O3S2/c1-6-3-18-8(12-6)2-11-10(16)13-5-17-4-7(13)9(14)15/h3,7H,2,4-5H2,1H3,(H,11,16)(H,14,15). The minimum Gasteiger partial charge on any atom is -0.480 e. The lowest BCUT2D eigenvalue weighted by Gasteiger charge is -2.20. The maximum atomic E-state index is 11.9. The number of aryl methyl sites for hydroxylation is 1. The number of rotatable bonds is 3. The molecule has 18 heavy (non-hydrogen) atoms. The minimum absolute atomic E-state index is 0.338. The number of hydrogen-bond acceptors (Lipinski definition) is 5. The van der Waals surface area contributed by atoms with Gasteiger partial charge in [-0.1, -0.05) is 0 Å². The molecule has 0 bridgehead atoms. The van der Waals surface area contributed by atoms with Crippen LogP contribution >= 0.6 is 23.1 Å². The summed E-state index contributed by atoms with van der Waals surface area (Å²) in [5.41, 5.74) is 0.921. The number of nitrogens with one attached hydrogen (secondary N) is 1. The maximum Gasteiger partial charge on any atom is 0.327 e. The number of thioether (sulfide) groups is 1. The van der Waals surface area contributed by atoms with Crippen LogP contribution in [0.5, 0.6) is 0 Å². The fraction of sp³-hybridized carbons (Fsp3) is 0.500. The Labute approximate surface area is 112 Å². The van der Waals surface area contributed by atoms with Crippen molar-refractivity contribution < 1.29 is 14.7 Å². The highest BCUT2D eigenvalue weighted by Gasteiger charge is 2.34. The van der Waals surface area contributed by atoms with Crippen molar-refractivity contribution >= 4 is 35.1 Å². The average Bonchev–Trinajstić information content (AvgIpc) is 2.94. The fourth-order valence-corrected chi connectivity index (χ4v) is 3.44. The van der Waals surface area contributed by atoms with Gasteiger partial charge in [-0.05, 0) is 6.92 Å². The third-order valence-electron chi connectivity index (χ3n) is 2.49. The van der Waals surface area contributed by atoms with Gasteiger partial charge in [0, 0.05) is 16.8 Å². The molecular weight excluding hydrogens is 274 g/mol. The quantitative estimate of drug-likeness (QED) is 0.870. The highest BCUT2D eigenvalue weighted by atomic mass is 32.2. The molecule has 2 heterocycles. The molecule has 2 N–H and O–H groups in total. The molecule has 1 unspecified atom stereocenters. The first-order valence-electron chi connectivity index (χ1n) is 5.34. The van der Waals surface area contributed by atoms with E-state index >= 15 is 0 Å². The summed E-state index contributed by atoms with van der Waals surface area (Å²) in [6.07, 6.45) is 0. The lowest BCUT2D eigenvalue weighted by molar-refractivity contribution is -0.140. The predicted molar refractivity (Wildman–Crippen MR) is 69.7 cm³/mol. The van der Waals surface area contributed by atoms with Gasteiger partial charge in [-0.3, -0.25) is 0 Å². The van der Waals surface area contributed by atoms with E-state index in [-0.39, 0.29) is 6.03 Å². The van der Waals surface area contributed by atoms with Crippen molar-refractivity contribution in [1.82, 2.24) is 15.2 Å². The van der Waals surface area contributed by atoms with Crippen LogP contribution in [0.1, 0.15) is 10.7 Å². The number of carboxylic acids is 1. The lowest BCUT2D eigenvalue weighted by atomic mass is 10.3. The number of carbonyl (C=O) groups excluding carboxylic acids is 1. The van der Waals surface area contributed by atoms with E-state index in [4.69, 9.17) is 5.11 Å². The molecule has 0 radical (unpaired) electrons. The Morgan fingerprint density at radius 1 is 1.67 bits per heavy atom. The third kappa shape index (κ3) is 2.94. The van der Waals surface area contributed by atoms with Crippen LogP contribution in [0, 0.1) is 6.92 Å². The monoisotopic (exact) mass is 287 g/mol. The highest BCUT2D eigenvalue weighted by molar-refractivity contribution is 7.99. The molecule has 2 rings (SSSR count). The number of thiazole rings is 1. The van der Waals surface area contributed by atoms with Crippen molar-refractivity contribution in [1.29, 1.82) is 0 Å². The zero-order valence-electron chi connectivity index (χ0n) is 9.75. The number of urea groups is 1. The van der Waals surface area contributed by atoms with Crippen LogP contribution in [0.25, 0.3) is 0 Å². The van der Waals surface area contributed by atoms with Crippen LogP contribution in [0.4, 0.5) is 4.79 Å². The van der Waals surface area contributed by atoms with Crippen LogP contribution < -0.4 is 5.32 Å². The summed E-state index contributed by atoms with van der Waals surface area (Å²) in [6, 6.07) is -1.08. The first kappa shape index (κ1) is 13.2. The van der Waals surface area contributed by atoms with Gasteiger partial charge in [0.05, 0.1) is 12.4 Å². The maximum absolute atomic E-state index is 11.9. The lowest BCUT2D eigenvalue weighted by Crippen LogP contribution is -2.46. The fourth-order valence-electron chi connectivity index (χ4n) is 1.58. The summed E-state index contributed by atoms with van der Waals surface area (Å²) < 4.78 is 0. The van der Waals surface area contributed by atoms with Crippen molar-refractivity contribution in [3.05, 3.63) is 16.1 Å². The summed E-state index contributed by atoms with van der Waals surface area (Å²) >= 11 is 2.92. The molecule has 98 valence electrons. The van der Waals surface area contributed by atoms with Crippen LogP contribution in [0.15, 0.2) is 5.38 Å². The van der Waals surface area contributed by atoms with Gasteiger partial charge in [-0.25, -0.2) is 14.6 Å². The zero-order valence-corrected chi connectivity index (χ0v) is 11.4. The van der Waals surface area contributed by atoms with Crippen molar-refractivity contribution in [2.45, 2.75) is 19.5 Å². The Bertz CT molecular complexity index is 463. The summed E-state index contributed by atoms with van der Waals surface area (Å²) in [7, 11) is 0. The molecule has 0 saturated carbocycles. The summed E-state index contributed by atoms with van der Waals surface area (Å²) in [6.45, 7) is 2.23. The second kappa shape index (κ2) is 5.57. The van der Waals surface area contributed by atoms with Gasteiger partial charge in [0.15, 0.2) is 0 Å². The van der Waals surface area contributed by atoms with E-state index in [1.54, 1.807) is 0 Å². The molecule has 1 aromatic heterocycles. The van der Waals surface area contributed by atoms with E-state index < -0.39 is 12.0 Å². The Kier molecular flexibility index (Phi) is 4.07. The second-order valence-electron chi connectivity index (χ2n) is 3.87. The van der Waals surface area contributed by atoms with Crippen LogP contribution in [0.3, 0.4) is 0 Å². The predicted octanol–water partition coefficient (Wildman–Crippen LogP) is 1.12. The molecule has 8 heteroatoms. The van der Waals surface area contributed by atoms with Gasteiger partial charge in [0.1, 0.15) is 11.0 Å². The minimum atomic E-state index is -0.958. The van der Waals surface area contributed by atoms with Crippen LogP contribution in [0.2, 0.25) is 0 Å². The summed E-state index contributed by atoms with van der Waals surface area (Å²) in [5, 5.41) is 14.4. The van der Waals surface area contributed by atoms with E-state index in [2.05, 4.69) is 10.3 Å². The molecule has 1 fully saturated rings. The molecule has 0 aliphatic carbocycles. The van der Waals surface area contributed by atoms with E-state index in [0.717, 1.165) is 10.7 Å². The largest absolute Gasteiger partial charge is 0.480 e. The Balaban J connectivity index is 1.89. The Morgan fingerprint density at radius 3 is 3.06 bits per heavy atom. The number of carboxylic acid groups (broad SMARTS) is 1. The third-order valence-corrected chi connectivity index (χ3v) is 4.46. The molecular formula is C10H13N3O3S2. The van der Waals surface area contributed by atoms with Gasteiger partial charge in [-0.15, -0.1) is 23.1 Å². The molecule has 1 saturated heterocycles. The van der Waals surface area contributed by atoms with Crippen molar-refractivity contribution in [2.75, 3.05) is 11.6 Å². The zero-order chi connectivity index (χ0) is 13.1. The summed E-state index contributed by atoms with van der Waals surface area (Å²) in [4.78, 5) is 28.4. The van der Waals surface area contributed by atoms with Crippen LogP contribution in [-0.4, -0.2) is 44.7 Å². The normalized spacial score (nSPS) is 18.9. The van der Waals surface area contributed by atoms with Gasteiger partial charge in [0.2, 0.25) is 0 Å². The van der Waals surface area contributed by atoms with E-state index in [1.807, 2.05) is 12.3 Å². The first-order chi connectivity index (χ1) is 8.58. The molecule has 6 nitrogen and oxygen atoms in total. The number of aliphatic carboxylic acids is 1. The first-order valence-corrected chi connectivity index (χ1v) is 7.37. The SMILES string of the molecule is Cc1csc(CNC(=O)N2CSCC2C(=O)O)n1. The number of hydrogen-bond donors (Lipinski definition) is 2. The Hall–Kier alpha value is -1.28. The number of nitrogens with zero attached hydrogens (tertiary/aromatic N) is 2. The summed E-state index contributed by atoms with van der Waals surface area (Å²) in [5.74, 6) is -0.0982. The number of amides is 2. The molecule has 1 atom stereocenters. The van der Waals surface area contributed by atoms with E-state index in [1.165, 1.54) is 28.0 Å². The molecule has 1 aliphatic rings. The molecule has 1 aromatic rings. The number of carbonyl (C=O) groups is 2. The molecule has 0 spiro atoms. The van der Waals surface area contributed by atoms with Crippen molar-refractivity contribution in [3.8, 4) is 0 Å². The highest BCUT2D eigenvalue weighted by Crippen LogP contribution is 2.21. The average molecular weight is 287 g/mol. The smallest absolute Gasteiger partial charge is 0.327 e. The van der Waals surface area contributed by atoms with E-state index in [0.29, 0.717) is 18.2 Å². The molecule has 2 amide bonds. The van der Waals surface area contributed by atoms with Crippen molar-refractivity contribution in [2.24, 2.45) is 0 Å². The Morgan fingerprint density at radius 2 is 2.44 bits per heavy atom. The van der Waals surface area contributed by atoms with Gasteiger partial charge in [-0.2, -0.15) is 0 Å². The van der Waals surface area contributed by atoms with Gasteiger partial charge >= 0.3 is 12.0 Å². The number of aromatic nitrogens is 1. The molecule has 0 aromatic carbocycles. The van der Waals surface area contributed by atoms with Gasteiger partial charge < -0.3 is 15.3 Å².